The van der Waals surface area contributed by atoms with E-state index < -0.39 is 5.54 Å². The van der Waals surface area contributed by atoms with E-state index in [4.69, 9.17) is 5.26 Å². The molecule has 6 nitrogen and oxygen atoms in total. The Kier molecular flexibility index (Phi) is 4.29. The molecule has 0 spiro atoms. The van der Waals surface area contributed by atoms with E-state index in [2.05, 4.69) is 23.2 Å². The number of likely N-dealkylation sites (tertiary alicyclic amines) is 1. The highest BCUT2D eigenvalue weighted by molar-refractivity contribution is 6.07. The Morgan fingerprint density at radius 1 is 1.33 bits per heavy atom. The first-order valence-corrected chi connectivity index (χ1v) is 8.31. The van der Waals surface area contributed by atoms with E-state index in [0.717, 1.165) is 25.9 Å². The first kappa shape index (κ1) is 16.5. The third-order valence-corrected chi connectivity index (χ3v) is 5.06. The van der Waals surface area contributed by atoms with Gasteiger partial charge in [-0.3, -0.25) is 9.69 Å². The smallest absolute Gasteiger partial charge is 0.319 e. The van der Waals surface area contributed by atoms with Gasteiger partial charge in [0.1, 0.15) is 5.54 Å². The summed E-state index contributed by atoms with van der Waals surface area (Å²) in [5.74, 6) is 0.435. The third-order valence-electron chi connectivity index (χ3n) is 5.06. The van der Waals surface area contributed by atoms with Crippen molar-refractivity contribution in [1.82, 2.24) is 15.1 Å². The molecule has 2 aliphatic rings. The van der Waals surface area contributed by atoms with Gasteiger partial charge in [0.15, 0.2) is 0 Å². The van der Waals surface area contributed by atoms with Crippen LogP contribution < -0.4 is 5.32 Å². The van der Waals surface area contributed by atoms with Crippen LogP contribution in [0.25, 0.3) is 0 Å². The van der Waals surface area contributed by atoms with Crippen LogP contribution in [0, 0.1) is 17.2 Å². The van der Waals surface area contributed by atoms with Crippen molar-refractivity contribution in [1.29, 1.82) is 5.26 Å². The van der Waals surface area contributed by atoms with Gasteiger partial charge in [0.25, 0.3) is 5.91 Å². The molecule has 3 rings (SSSR count). The minimum absolute atomic E-state index is 0.263. The zero-order valence-corrected chi connectivity index (χ0v) is 14.1. The maximum atomic E-state index is 12.9. The lowest BCUT2D eigenvalue weighted by Gasteiger charge is -2.32. The molecule has 0 bridgehead atoms. The van der Waals surface area contributed by atoms with Crippen LogP contribution in [-0.4, -0.2) is 41.5 Å². The molecular formula is C18H22N4O2. The number of hydrogen-bond acceptors (Lipinski definition) is 4. The fourth-order valence-corrected chi connectivity index (χ4v) is 3.32. The number of amides is 3. The number of urea groups is 1. The van der Waals surface area contributed by atoms with Crippen molar-refractivity contribution < 1.29 is 9.59 Å². The number of piperidine rings is 1. The van der Waals surface area contributed by atoms with Gasteiger partial charge >= 0.3 is 6.03 Å². The third kappa shape index (κ3) is 2.87. The Morgan fingerprint density at radius 2 is 2.04 bits per heavy atom. The van der Waals surface area contributed by atoms with Gasteiger partial charge in [-0.2, -0.15) is 5.26 Å². The summed E-state index contributed by atoms with van der Waals surface area (Å²) in [6.07, 6.45) is 2.18. The second-order valence-corrected chi connectivity index (χ2v) is 6.92. The standard InChI is InChI=1S/C18H22N4O2/c1-13-6-8-21(9-7-13)12-22-16(23)18(2,20-17(22)24)15-5-3-4-14(10-15)11-19/h3-5,10,13H,6-9,12H2,1-2H3,(H,20,24)/t18-/m1/s1. The summed E-state index contributed by atoms with van der Waals surface area (Å²) in [7, 11) is 0. The lowest BCUT2D eigenvalue weighted by Crippen LogP contribution is -2.46. The van der Waals surface area contributed by atoms with Crippen LogP contribution in [0.15, 0.2) is 24.3 Å². The molecular weight excluding hydrogens is 304 g/mol. The molecule has 1 aromatic carbocycles. The Balaban J connectivity index is 1.79. The Bertz CT molecular complexity index is 703. The van der Waals surface area contributed by atoms with Gasteiger partial charge in [0, 0.05) is 13.1 Å². The molecule has 2 fully saturated rings. The lowest BCUT2D eigenvalue weighted by atomic mass is 9.91. The number of imide groups is 1. The highest BCUT2D eigenvalue weighted by atomic mass is 16.2. The Hall–Kier alpha value is -2.39. The van der Waals surface area contributed by atoms with Gasteiger partial charge in [0.2, 0.25) is 0 Å². The minimum atomic E-state index is -1.12. The number of nitriles is 1. The molecule has 6 heteroatoms. The highest BCUT2D eigenvalue weighted by Crippen LogP contribution is 2.30. The average Bonchev–Trinajstić information content (AvgIpc) is 2.81. The summed E-state index contributed by atoms with van der Waals surface area (Å²) in [6.45, 7) is 6.05. The van der Waals surface area contributed by atoms with Crippen LogP contribution in [0.5, 0.6) is 0 Å². The Labute approximate surface area is 142 Å². The lowest BCUT2D eigenvalue weighted by molar-refractivity contribution is -0.132. The van der Waals surface area contributed by atoms with Crippen molar-refractivity contribution in [3.63, 3.8) is 0 Å². The van der Waals surface area contributed by atoms with E-state index in [-0.39, 0.29) is 11.9 Å². The second kappa shape index (κ2) is 6.25. The summed E-state index contributed by atoms with van der Waals surface area (Å²) in [4.78, 5) is 28.7. The fraction of sp³-hybridized carbons (Fsp3) is 0.500. The van der Waals surface area contributed by atoms with Crippen LogP contribution >= 0.6 is 0 Å². The molecule has 3 amide bonds. The molecule has 0 aliphatic carbocycles. The maximum Gasteiger partial charge on any atom is 0.326 e. The van der Waals surface area contributed by atoms with Gasteiger partial charge in [-0.25, -0.2) is 9.69 Å². The highest BCUT2D eigenvalue weighted by Gasteiger charge is 2.49. The summed E-state index contributed by atoms with van der Waals surface area (Å²) < 4.78 is 0. The van der Waals surface area contributed by atoms with E-state index in [1.165, 1.54) is 4.90 Å². The summed E-state index contributed by atoms with van der Waals surface area (Å²) >= 11 is 0. The number of benzene rings is 1. The van der Waals surface area contributed by atoms with Crippen molar-refractivity contribution in [3.8, 4) is 6.07 Å². The van der Waals surface area contributed by atoms with Gasteiger partial charge in [0.05, 0.1) is 18.3 Å². The quantitative estimate of drug-likeness (QED) is 0.862. The van der Waals surface area contributed by atoms with Crippen LogP contribution in [0.2, 0.25) is 0 Å². The van der Waals surface area contributed by atoms with Crippen molar-refractivity contribution in [2.45, 2.75) is 32.2 Å². The van der Waals surface area contributed by atoms with E-state index in [1.807, 2.05) is 0 Å². The second-order valence-electron chi connectivity index (χ2n) is 6.92. The molecule has 0 unspecified atom stereocenters. The van der Waals surface area contributed by atoms with Crippen LogP contribution in [0.3, 0.4) is 0 Å². The molecule has 1 atom stereocenters. The maximum absolute atomic E-state index is 12.9. The molecule has 2 saturated heterocycles. The fourth-order valence-electron chi connectivity index (χ4n) is 3.32. The van der Waals surface area contributed by atoms with E-state index in [1.54, 1.807) is 31.2 Å². The summed E-state index contributed by atoms with van der Waals surface area (Å²) in [6, 6.07) is 8.53. The predicted octanol–water partition coefficient (Wildman–Crippen LogP) is 2.01. The topological polar surface area (TPSA) is 76.4 Å². The first-order chi connectivity index (χ1) is 11.4. The average molecular weight is 326 g/mol. The van der Waals surface area contributed by atoms with Gasteiger partial charge in [-0.05, 0) is 43.4 Å². The SMILES string of the molecule is CC1CCN(CN2C(=O)N[C@](C)(c3cccc(C#N)c3)C2=O)CC1. The minimum Gasteiger partial charge on any atom is -0.319 e. The van der Waals surface area contributed by atoms with Gasteiger partial charge in [-0.15, -0.1) is 0 Å². The number of rotatable bonds is 3. The summed E-state index contributed by atoms with van der Waals surface area (Å²) in [5.41, 5.74) is -0.0126. The largest absolute Gasteiger partial charge is 0.326 e. The molecule has 1 aromatic rings. The van der Waals surface area contributed by atoms with Crippen molar-refractivity contribution in [2.24, 2.45) is 5.92 Å². The van der Waals surface area contributed by atoms with Crippen LogP contribution in [0.1, 0.15) is 37.8 Å². The number of carbonyl (C=O) groups is 2. The predicted molar refractivity (Wildman–Crippen MR) is 88.7 cm³/mol. The molecule has 1 N–H and O–H groups in total. The molecule has 0 saturated carbocycles. The number of hydrogen-bond donors (Lipinski definition) is 1. The van der Waals surface area contributed by atoms with Crippen LogP contribution in [-0.2, 0) is 10.3 Å². The summed E-state index contributed by atoms with van der Waals surface area (Å²) in [5, 5.41) is 11.9. The van der Waals surface area contributed by atoms with Crippen molar-refractivity contribution in [2.75, 3.05) is 19.8 Å². The normalized spacial score (nSPS) is 25.6. The van der Waals surface area contributed by atoms with Crippen LogP contribution in [0.4, 0.5) is 4.79 Å². The van der Waals surface area contributed by atoms with Gasteiger partial charge in [-0.1, -0.05) is 19.1 Å². The molecule has 0 aromatic heterocycles. The van der Waals surface area contributed by atoms with Crippen molar-refractivity contribution >= 4 is 11.9 Å². The molecule has 2 aliphatic heterocycles. The van der Waals surface area contributed by atoms with E-state index in [0.29, 0.717) is 23.7 Å². The number of carbonyl (C=O) groups excluding carboxylic acids is 2. The molecule has 126 valence electrons. The molecule has 0 radical (unpaired) electrons. The Morgan fingerprint density at radius 3 is 2.71 bits per heavy atom. The van der Waals surface area contributed by atoms with Gasteiger partial charge < -0.3 is 5.32 Å². The first-order valence-electron chi connectivity index (χ1n) is 8.31. The van der Waals surface area contributed by atoms with E-state index >= 15 is 0 Å². The monoisotopic (exact) mass is 326 g/mol. The number of nitrogens with zero attached hydrogens (tertiary/aromatic N) is 3. The zero-order valence-electron chi connectivity index (χ0n) is 14.1. The molecule has 24 heavy (non-hydrogen) atoms. The molecule has 2 heterocycles. The number of nitrogens with one attached hydrogen (secondary N) is 1. The van der Waals surface area contributed by atoms with E-state index in [9.17, 15) is 9.59 Å². The zero-order chi connectivity index (χ0) is 17.3. The van der Waals surface area contributed by atoms with Crippen molar-refractivity contribution in [3.05, 3.63) is 35.4 Å².